The van der Waals surface area contributed by atoms with Gasteiger partial charge in [-0.3, -0.25) is 14.9 Å². The zero-order valence-corrected chi connectivity index (χ0v) is 10.7. The summed E-state index contributed by atoms with van der Waals surface area (Å²) in [5, 5.41) is 13.1. The highest BCUT2D eigenvalue weighted by Crippen LogP contribution is 2.19. The Bertz CT molecular complexity index is 470. The molecule has 1 aromatic rings. The maximum Gasteiger partial charge on any atom is 0.282 e. The smallest absolute Gasteiger partial charge is 0.282 e. The van der Waals surface area contributed by atoms with Gasteiger partial charge in [0.2, 0.25) is 0 Å². The number of hydrogen-bond donors (Lipinski definition) is 1. The van der Waals surface area contributed by atoms with Gasteiger partial charge in [0.1, 0.15) is 11.4 Å². The summed E-state index contributed by atoms with van der Waals surface area (Å²) in [6, 6.07) is 2.71. The van der Waals surface area contributed by atoms with Gasteiger partial charge in [-0.25, -0.2) is 4.39 Å². The number of nitro benzene ring substituents is 1. The van der Waals surface area contributed by atoms with Crippen molar-refractivity contribution in [1.82, 2.24) is 5.32 Å². The number of carbonyl (C=O) groups excluding carboxylic acids is 1. The van der Waals surface area contributed by atoms with Crippen LogP contribution in [0.1, 0.15) is 10.4 Å². The second kappa shape index (κ2) is 7.65. The lowest BCUT2D eigenvalue weighted by Gasteiger charge is -2.06. The fraction of sp³-hybridized carbons (Fsp3) is 0.364. The number of benzene rings is 1. The Morgan fingerprint density at radius 1 is 1.47 bits per heavy atom. The first-order valence-electron chi connectivity index (χ1n) is 5.42. The van der Waals surface area contributed by atoms with Crippen molar-refractivity contribution in [3.05, 3.63) is 39.7 Å². The molecule has 0 aromatic heterocycles. The van der Waals surface area contributed by atoms with E-state index in [4.69, 9.17) is 16.3 Å². The molecule has 0 aliphatic carbocycles. The van der Waals surface area contributed by atoms with E-state index in [9.17, 15) is 19.3 Å². The van der Waals surface area contributed by atoms with E-state index in [1.54, 1.807) is 0 Å². The summed E-state index contributed by atoms with van der Waals surface area (Å²) in [4.78, 5) is 21.7. The van der Waals surface area contributed by atoms with Gasteiger partial charge in [0.25, 0.3) is 11.6 Å². The molecule has 0 unspecified atom stereocenters. The molecular formula is C11H12ClFN2O4. The Morgan fingerprint density at radius 2 is 2.21 bits per heavy atom. The van der Waals surface area contributed by atoms with Crippen LogP contribution >= 0.6 is 11.6 Å². The summed E-state index contributed by atoms with van der Waals surface area (Å²) in [7, 11) is 0. The first-order chi connectivity index (χ1) is 9.06. The highest BCUT2D eigenvalue weighted by Gasteiger charge is 2.20. The number of alkyl halides is 1. The van der Waals surface area contributed by atoms with Crippen LogP contribution in [0.4, 0.5) is 10.1 Å². The molecule has 0 fully saturated rings. The molecule has 0 radical (unpaired) electrons. The molecule has 0 spiro atoms. The van der Waals surface area contributed by atoms with Gasteiger partial charge in [-0.15, -0.1) is 11.6 Å². The number of amides is 1. The first kappa shape index (κ1) is 15.3. The molecule has 0 atom stereocenters. The van der Waals surface area contributed by atoms with E-state index in [0.717, 1.165) is 18.2 Å². The van der Waals surface area contributed by atoms with E-state index in [2.05, 4.69) is 5.32 Å². The molecule has 1 rings (SSSR count). The molecule has 1 N–H and O–H groups in total. The lowest BCUT2D eigenvalue weighted by molar-refractivity contribution is -0.385. The molecule has 0 aliphatic rings. The SMILES string of the molecule is O=C(NCCOCCCl)c1cc(F)ccc1[N+](=O)[O-]. The summed E-state index contributed by atoms with van der Waals surface area (Å²) in [6.45, 7) is 0.725. The van der Waals surface area contributed by atoms with Gasteiger partial charge in [-0.05, 0) is 12.1 Å². The third kappa shape index (κ3) is 4.80. The summed E-state index contributed by atoms with van der Waals surface area (Å²) in [5.41, 5.74) is -0.761. The largest absolute Gasteiger partial charge is 0.378 e. The van der Waals surface area contributed by atoms with Crippen molar-refractivity contribution < 1.29 is 18.8 Å². The third-order valence-electron chi connectivity index (χ3n) is 2.15. The maximum absolute atomic E-state index is 13.0. The Labute approximate surface area is 113 Å². The first-order valence-corrected chi connectivity index (χ1v) is 5.95. The molecule has 1 aromatic carbocycles. The number of nitrogens with one attached hydrogen (secondary N) is 1. The fourth-order valence-corrected chi connectivity index (χ4v) is 1.45. The summed E-state index contributed by atoms with van der Waals surface area (Å²) in [6.07, 6.45) is 0. The van der Waals surface area contributed by atoms with Crippen LogP contribution in [-0.4, -0.2) is 36.5 Å². The predicted octanol–water partition coefficient (Wildman–Crippen LogP) is 1.72. The quantitative estimate of drug-likeness (QED) is 0.359. The molecule has 0 bridgehead atoms. The minimum Gasteiger partial charge on any atom is -0.378 e. The molecule has 104 valence electrons. The number of nitro groups is 1. The molecular weight excluding hydrogens is 279 g/mol. The van der Waals surface area contributed by atoms with E-state index >= 15 is 0 Å². The molecule has 19 heavy (non-hydrogen) atoms. The third-order valence-corrected chi connectivity index (χ3v) is 2.31. The van der Waals surface area contributed by atoms with Crippen LogP contribution in [0.2, 0.25) is 0 Å². The Kier molecular flexibility index (Phi) is 6.17. The van der Waals surface area contributed by atoms with Crippen LogP contribution in [0.3, 0.4) is 0 Å². The van der Waals surface area contributed by atoms with Crippen molar-refractivity contribution in [2.45, 2.75) is 0 Å². The molecule has 8 heteroatoms. The Balaban J connectivity index is 2.65. The van der Waals surface area contributed by atoms with E-state index in [1.165, 1.54) is 0 Å². The van der Waals surface area contributed by atoms with Gasteiger partial charge in [0.05, 0.1) is 18.1 Å². The van der Waals surface area contributed by atoms with Gasteiger partial charge in [-0.2, -0.15) is 0 Å². The summed E-state index contributed by atoms with van der Waals surface area (Å²) >= 11 is 5.38. The number of nitrogens with zero attached hydrogens (tertiary/aromatic N) is 1. The molecule has 0 heterocycles. The van der Waals surface area contributed by atoms with Crippen molar-refractivity contribution in [3.8, 4) is 0 Å². The topological polar surface area (TPSA) is 81.5 Å². The number of hydrogen-bond acceptors (Lipinski definition) is 4. The molecule has 0 aliphatic heterocycles. The molecule has 0 saturated carbocycles. The number of carbonyl (C=O) groups is 1. The Morgan fingerprint density at radius 3 is 2.84 bits per heavy atom. The van der Waals surface area contributed by atoms with Crippen molar-refractivity contribution in [3.63, 3.8) is 0 Å². The highest BCUT2D eigenvalue weighted by atomic mass is 35.5. The van der Waals surface area contributed by atoms with Gasteiger partial charge < -0.3 is 10.1 Å². The zero-order chi connectivity index (χ0) is 14.3. The van der Waals surface area contributed by atoms with Crippen LogP contribution in [0.5, 0.6) is 0 Å². The van der Waals surface area contributed by atoms with Crippen LogP contribution in [0, 0.1) is 15.9 Å². The van der Waals surface area contributed by atoms with Crippen molar-refractivity contribution >= 4 is 23.2 Å². The standard InChI is InChI=1S/C11H12ClFN2O4/c12-3-5-19-6-4-14-11(16)9-7-8(13)1-2-10(9)15(17)18/h1-2,7H,3-6H2,(H,14,16). The fourth-order valence-electron chi connectivity index (χ4n) is 1.34. The molecule has 0 saturated heterocycles. The highest BCUT2D eigenvalue weighted by molar-refractivity contribution is 6.17. The molecule has 6 nitrogen and oxygen atoms in total. The average Bonchev–Trinajstić information content (AvgIpc) is 2.37. The lowest BCUT2D eigenvalue weighted by Crippen LogP contribution is -2.28. The van der Waals surface area contributed by atoms with Gasteiger partial charge >= 0.3 is 0 Å². The lowest BCUT2D eigenvalue weighted by atomic mass is 10.1. The van der Waals surface area contributed by atoms with Gasteiger partial charge in [0.15, 0.2) is 0 Å². The monoisotopic (exact) mass is 290 g/mol. The van der Waals surface area contributed by atoms with E-state index in [1.807, 2.05) is 0 Å². The van der Waals surface area contributed by atoms with E-state index in [-0.39, 0.29) is 18.7 Å². The molecule has 1 amide bonds. The second-order valence-corrected chi connectivity index (χ2v) is 3.85. The normalized spacial score (nSPS) is 10.2. The van der Waals surface area contributed by atoms with Crippen molar-refractivity contribution in [2.75, 3.05) is 25.6 Å². The van der Waals surface area contributed by atoms with Crippen LogP contribution in [-0.2, 0) is 4.74 Å². The number of rotatable bonds is 7. The van der Waals surface area contributed by atoms with Crippen molar-refractivity contribution in [1.29, 1.82) is 0 Å². The average molecular weight is 291 g/mol. The summed E-state index contributed by atoms with van der Waals surface area (Å²) in [5.74, 6) is -1.10. The maximum atomic E-state index is 13.0. The van der Waals surface area contributed by atoms with Gasteiger partial charge in [-0.1, -0.05) is 0 Å². The van der Waals surface area contributed by atoms with E-state index < -0.39 is 22.3 Å². The minimum atomic E-state index is -0.738. The predicted molar refractivity (Wildman–Crippen MR) is 66.9 cm³/mol. The minimum absolute atomic E-state index is 0.156. The van der Waals surface area contributed by atoms with Gasteiger partial charge in [0, 0.05) is 18.5 Å². The number of ether oxygens (including phenoxy) is 1. The van der Waals surface area contributed by atoms with Crippen LogP contribution in [0.15, 0.2) is 18.2 Å². The van der Waals surface area contributed by atoms with Crippen LogP contribution < -0.4 is 5.32 Å². The van der Waals surface area contributed by atoms with Crippen LogP contribution in [0.25, 0.3) is 0 Å². The zero-order valence-electron chi connectivity index (χ0n) is 9.90. The van der Waals surface area contributed by atoms with E-state index in [0.29, 0.717) is 12.5 Å². The summed E-state index contributed by atoms with van der Waals surface area (Å²) < 4.78 is 18.0. The van der Waals surface area contributed by atoms with Crippen molar-refractivity contribution in [2.24, 2.45) is 0 Å². The number of halogens is 2. The Hall–Kier alpha value is -1.73. The second-order valence-electron chi connectivity index (χ2n) is 3.48.